The molecule has 100 valence electrons. The highest BCUT2D eigenvalue weighted by atomic mass is 16.5. The Balaban J connectivity index is 1.68. The van der Waals surface area contributed by atoms with Crippen molar-refractivity contribution in [2.45, 2.75) is 51.5 Å². The summed E-state index contributed by atoms with van der Waals surface area (Å²) in [6.07, 6.45) is 7.38. The number of fused-ring (bicyclic) bond motifs is 1. The second-order valence-electron chi connectivity index (χ2n) is 5.32. The monoisotopic (exact) mass is 247 g/mol. The van der Waals surface area contributed by atoms with Crippen molar-refractivity contribution in [2.24, 2.45) is 0 Å². The molecule has 0 bridgehead atoms. The van der Waals surface area contributed by atoms with Crippen LogP contribution >= 0.6 is 0 Å². The van der Waals surface area contributed by atoms with Gasteiger partial charge in [0.25, 0.3) is 0 Å². The molecule has 0 aliphatic heterocycles. The molecule has 18 heavy (non-hydrogen) atoms. The van der Waals surface area contributed by atoms with Crippen molar-refractivity contribution < 1.29 is 4.74 Å². The van der Waals surface area contributed by atoms with Gasteiger partial charge in [0.15, 0.2) is 0 Å². The van der Waals surface area contributed by atoms with Crippen LogP contribution in [0.4, 0.5) is 0 Å². The van der Waals surface area contributed by atoms with Crippen molar-refractivity contribution in [1.82, 2.24) is 5.32 Å². The maximum atomic E-state index is 5.83. The largest absolute Gasteiger partial charge is 0.494 e. The van der Waals surface area contributed by atoms with Gasteiger partial charge in [-0.05, 0) is 75.8 Å². The van der Waals surface area contributed by atoms with E-state index >= 15 is 0 Å². The number of aryl methyl sites for hydroxylation is 2. The quantitative estimate of drug-likeness (QED) is 0.746. The van der Waals surface area contributed by atoms with E-state index in [-0.39, 0.29) is 0 Å². The normalized spacial score (nSPS) is 15.4. The number of benzene rings is 1. The Hall–Kier alpha value is -1.02. The molecular formula is C16H25NO. The summed E-state index contributed by atoms with van der Waals surface area (Å²) in [6.45, 7) is 3.07. The molecule has 0 fully saturated rings. The topological polar surface area (TPSA) is 21.3 Å². The first-order valence-corrected chi connectivity index (χ1v) is 7.21. The highest BCUT2D eigenvalue weighted by Crippen LogP contribution is 2.26. The summed E-state index contributed by atoms with van der Waals surface area (Å²) in [5, 5.41) is 3.26. The first-order valence-electron chi connectivity index (χ1n) is 7.21. The molecule has 2 heteroatoms. The molecule has 0 saturated heterocycles. The minimum absolute atomic E-state index is 0.616. The Morgan fingerprint density at radius 1 is 1.22 bits per heavy atom. The van der Waals surface area contributed by atoms with Gasteiger partial charge in [0, 0.05) is 6.04 Å². The summed E-state index contributed by atoms with van der Waals surface area (Å²) in [7, 11) is 2.02. The number of nitrogens with one attached hydrogen (secondary N) is 1. The number of hydrogen-bond acceptors (Lipinski definition) is 2. The Bertz CT molecular complexity index is 375. The standard InChI is InChI=1S/C16H25NO/c1-13(17-2)6-3-4-11-18-16-10-9-14-7-5-8-15(14)12-16/h9-10,12-13,17H,3-8,11H2,1-2H3. The van der Waals surface area contributed by atoms with Crippen molar-refractivity contribution >= 4 is 0 Å². The van der Waals surface area contributed by atoms with Crippen molar-refractivity contribution in [3.63, 3.8) is 0 Å². The van der Waals surface area contributed by atoms with E-state index in [9.17, 15) is 0 Å². The Morgan fingerprint density at radius 2 is 2.06 bits per heavy atom. The van der Waals surface area contributed by atoms with Crippen LogP contribution in [-0.4, -0.2) is 19.7 Å². The maximum Gasteiger partial charge on any atom is 0.119 e. The summed E-state index contributed by atoms with van der Waals surface area (Å²) in [5.41, 5.74) is 3.02. The van der Waals surface area contributed by atoms with Gasteiger partial charge in [0.05, 0.1) is 6.61 Å². The fourth-order valence-electron chi connectivity index (χ4n) is 2.52. The lowest BCUT2D eigenvalue weighted by atomic mass is 10.1. The molecule has 0 radical (unpaired) electrons. The number of rotatable bonds is 7. The molecule has 1 aliphatic carbocycles. The molecular weight excluding hydrogens is 222 g/mol. The van der Waals surface area contributed by atoms with Gasteiger partial charge in [0.2, 0.25) is 0 Å². The lowest BCUT2D eigenvalue weighted by Gasteiger charge is -2.10. The zero-order valence-electron chi connectivity index (χ0n) is 11.7. The van der Waals surface area contributed by atoms with Crippen LogP contribution < -0.4 is 10.1 Å². The molecule has 1 atom stereocenters. The van der Waals surface area contributed by atoms with Crippen molar-refractivity contribution in [3.8, 4) is 5.75 Å². The van der Waals surface area contributed by atoms with E-state index in [0.29, 0.717) is 6.04 Å². The van der Waals surface area contributed by atoms with E-state index in [4.69, 9.17) is 4.74 Å². The molecule has 0 spiro atoms. The van der Waals surface area contributed by atoms with Gasteiger partial charge in [-0.1, -0.05) is 6.07 Å². The van der Waals surface area contributed by atoms with Crippen molar-refractivity contribution in [1.29, 1.82) is 0 Å². The van der Waals surface area contributed by atoms with Crippen LogP contribution in [0.3, 0.4) is 0 Å². The lowest BCUT2D eigenvalue weighted by molar-refractivity contribution is 0.302. The Kier molecular flexibility index (Phi) is 5.06. The number of unbranched alkanes of at least 4 members (excludes halogenated alkanes) is 1. The Morgan fingerprint density at radius 3 is 2.89 bits per heavy atom. The molecule has 1 N–H and O–H groups in total. The average molecular weight is 247 g/mol. The van der Waals surface area contributed by atoms with E-state index in [2.05, 4.69) is 30.4 Å². The van der Waals surface area contributed by atoms with E-state index in [1.54, 1.807) is 0 Å². The minimum atomic E-state index is 0.616. The van der Waals surface area contributed by atoms with Crippen LogP contribution in [0.25, 0.3) is 0 Å². The van der Waals surface area contributed by atoms with E-state index < -0.39 is 0 Å². The molecule has 0 saturated carbocycles. The van der Waals surface area contributed by atoms with Crippen molar-refractivity contribution in [3.05, 3.63) is 29.3 Å². The highest BCUT2D eigenvalue weighted by Gasteiger charge is 2.10. The minimum Gasteiger partial charge on any atom is -0.494 e. The zero-order valence-corrected chi connectivity index (χ0v) is 11.7. The van der Waals surface area contributed by atoms with Crippen LogP contribution in [0.2, 0.25) is 0 Å². The van der Waals surface area contributed by atoms with Crippen LogP contribution in [-0.2, 0) is 12.8 Å². The van der Waals surface area contributed by atoms with Gasteiger partial charge < -0.3 is 10.1 Å². The second-order valence-corrected chi connectivity index (χ2v) is 5.32. The van der Waals surface area contributed by atoms with Gasteiger partial charge in [-0.25, -0.2) is 0 Å². The summed E-state index contributed by atoms with van der Waals surface area (Å²) in [4.78, 5) is 0. The molecule has 0 heterocycles. The molecule has 2 nitrogen and oxygen atoms in total. The van der Waals surface area contributed by atoms with Gasteiger partial charge in [-0.2, -0.15) is 0 Å². The van der Waals surface area contributed by atoms with Gasteiger partial charge in [-0.3, -0.25) is 0 Å². The van der Waals surface area contributed by atoms with E-state index in [1.165, 1.54) is 43.2 Å². The van der Waals surface area contributed by atoms with Crippen molar-refractivity contribution in [2.75, 3.05) is 13.7 Å². The van der Waals surface area contributed by atoms with Crippen LogP contribution in [0.1, 0.15) is 43.7 Å². The third kappa shape index (κ3) is 3.74. The summed E-state index contributed by atoms with van der Waals surface area (Å²) >= 11 is 0. The fraction of sp³-hybridized carbons (Fsp3) is 0.625. The summed E-state index contributed by atoms with van der Waals surface area (Å²) in [6, 6.07) is 7.21. The molecule has 0 aromatic heterocycles. The lowest BCUT2D eigenvalue weighted by Crippen LogP contribution is -2.20. The summed E-state index contributed by atoms with van der Waals surface area (Å²) < 4.78 is 5.83. The molecule has 0 amide bonds. The first kappa shape index (κ1) is 13.4. The number of ether oxygens (including phenoxy) is 1. The third-order valence-electron chi connectivity index (χ3n) is 3.86. The predicted octanol–water partition coefficient (Wildman–Crippen LogP) is 3.33. The third-order valence-corrected chi connectivity index (χ3v) is 3.86. The van der Waals surface area contributed by atoms with Crippen LogP contribution in [0.15, 0.2) is 18.2 Å². The highest BCUT2D eigenvalue weighted by molar-refractivity contribution is 5.38. The van der Waals surface area contributed by atoms with Gasteiger partial charge in [-0.15, -0.1) is 0 Å². The number of hydrogen-bond donors (Lipinski definition) is 1. The predicted molar refractivity (Wildman–Crippen MR) is 76.3 cm³/mol. The summed E-state index contributed by atoms with van der Waals surface area (Å²) in [5.74, 6) is 1.05. The molecule has 2 rings (SSSR count). The first-order chi connectivity index (χ1) is 8.79. The molecule has 1 unspecified atom stereocenters. The van der Waals surface area contributed by atoms with E-state index in [0.717, 1.165) is 18.8 Å². The Labute approximate surface area is 111 Å². The SMILES string of the molecule is CNC(C)CCCCOc1ccc2c(c1)CCC2. The van der Waals surface area contributed by atoms with Crippen LogP contribution in [0, 0.1) is 0 Å². The fourth-order valence-corrected chi connectivity index (χ4v) is 2.52. The smallest absolute Gasteiger partial charge is 0.119 e. The van der Waals surface area contributed by atoms with Gasteiger partial charge >= 0.3 is 0 Å². The van der Waals surface area contributed by atoms with Crippen LogP contribution in [0.5, 0.6) is 5.75 Å². The maximum absolute atomic E-state index is 5.83. The zero-order chi connectivity index (χ0) is 12.8. The average Bonchev–Trinajstić information content (AvgIpc) is 2.85. The second kappa shape index (κ2) is 6.79. The van der Waals surface area contributed by atoms with E-state index in [1.807, 2.05) is 7.05 Å². The molecule has 1 aromatic carbocycles. The van der Waals surface area contributed by atoms with Gasteiger partial charge in [0.1, 0.15) is 5.75 Å². The molecule has 1 aliphatic rings. The molecule has 1 aromatic rings.